The van der Waals surface area contributed by atoms with E-state index < -0.39 is 0 Å². The zero-order chi connectivity index (χ0) is 16.4. The Morgan fingerprint density at radius 2 is 1.68 bits per heavy atom. The fourth-order valence-electron chi connectivity index (χ4n) is 1.27. The van der Waals surface area contributed by atoms with E-state index in [1.165, 1.54) is 0 Å². The van der Waals surface area contributed by atoms with Gasteiger partial charge in [-0.1, -0.05) is 30.7 Å². The zero-order valence-electron chi connectivity index (χ0n) is 12.1. The summed E-state index contributed by atoms with van der Waals surface area (Å²) in [5.74, 6) is 0.248. The lowest BCUT2D eigenvalue weighted by atomic mass is 10.3. The van der Waals surface area contributed by atoms with Gasteiger partial charge in [0, 0.05) is 6.54 Å². The molecule has 1 heterocycles. The van der Waals surface area contributed by atoms with E-state index in [1.54, 1.807) is 19.2 Å². The van der Waals surface area contributed by atoms with Gasteiger partial charge in [0.2, 0.25) is 16.5 Å². The molecule has 0 spiro atoms. The minimum absolute atomic E-state index is 0.0227. The highest BCUT2D eigenvalue weighted by Crippen LogP contribution is 2.23. The summed E-state index contributed by atoms with van der Waals surface area (Å²) in [6, 6.07) is 7.18. The van der Waals surface area contributed by atoms with Crippen LogP contribution in [0.15, 0.2) is 24.3 Å². The molecule has 0 saturated carbocycles. The summed E-state index contributed by atoms with van der Waals surface area (Å²) < 4.78 is 0. The van der Waals surface area contributed by atoms with Crippen LogP contribution in [0.5, 0.6) is 0 Å². The van der Waals surface area contributed by atoms with Crippen LogP contribution in [-0.4, -0.2) is 28.6 Å². The van der Waals surface area contributed by atoms with Gasteiger partial charge in [0.15, 0.2) is 0 Å². The summed E-state index contributed by atoms with van der Waals surface area (Å²) in [4.78, 5) is 15.9. The van der Waals surface area contributed by atoms with Gasteiger partial charge in [0.25, 0.3) is 0 Å². The first-order valence-electron chi connectivity index (χ1n) is 6.41. The number of benzene rings is 1. The number of nitrogens with zero attached hydrogens (tertiary/aromatic N) is 3. The molecular weight excluding hydrogens is 349 g/mol. The number of anilines is 2. The van der Waals surface area contributed by atoms with E-state index in [0.717, 1.165) is 13.0 Å². The Balaban J connectivity index is 0.000000346. The van der Waals surface area contributed by atoms with Crippen molar-refractivity contribution in [2.75, 3.05) is 19.0 Å². The molecule has 0 bridgehead atoms. The molecule has 0 aliphatic heterocycles. The quantitative estimate of drug-likeness (QED) is 0.614. The molecule has 1 aromatic heterocycles. The molecule has 2 aromatic rings. The average molecular weight is 365 g/mol. The van der Waals surface area contributed by atoms with Crippen LogP contribution >= 0.6 is 34.8 Å². The minimum Gasteiger partial charge on any atom is -0.323 e. The summed E-state index contributed by atoms with van der Waals surface area (Å²) in [5.41, 5.74) is 3.37. The third kappa shape index (κ3) is 7.20. The summed E-state index contributed by atoms with van der Waals surface area (Å²) in [6.45, 7) is 3.03. The SMILES string of the molecule is CCCNOC.Clc1nc(Cl)nc(Nc2ccccc2Cl)n1. The van der Waals surface area contributed by atoms with Crippen LogP contribution in [0.1, 0.15) is 13.3 Å². The molecule has 6 nitrogen and oxygen atoms in total. The van der Waals surface area contributed by atoms with Crippen LogP contribution in [0, 0.1) is 0 Å². The predicted molar refractivity (Wildman–Crippen MR) is 89.9 cm³/mol. The van der Waals surface area contributed by atoms with Gasteiger partial charge in [-0.05, 0) is 41.8 Å². The molecule has 2 rings (SSSR count). The lowest BCUT2D eigenvalue weighted by Gasteiger charge is -2.06. The van der Waals surface area contributed by atoms with Crippen molar-refractivity contribution in [3.63, 3.8) is 0 Å². The van der Waals surface area contributed by atoms with Crippen LogP contribution in [-0.2, 0) is 4.84 Å². The van der Waals surface area contributed by atoms with E-state index in [4.69, 9.17) is 34.8 Å². The number of hydroxylamine groups is 1. The highest BCUT2D eigenvalue weighted by Gasteiger charge is 2.05. The average Bonchev–Trinajstić information content (AvgIpc) is 2.47. The Kier molecular flexibility index (Phi) is 9.03. The first kappa shape index (κ1) is 18.9. The molecule has 120 valence electrons. The fourth-order valence-corrected chi connectivity index (χ4v) is 1.82. The van der Waals surface area contributed by atoms with Crippen molar-refractivity contribution < 1.29 is 4.84 Å². The van der Waals surface area contributed by atoms with E-state index >= 15 is 0 Å². The van der Waals surface area contributed by atoms with Crippen molar-refractivity contribution in [3.05, 3.63) is 39.9 Å². The van der Waals surface area contributed by atoms with Crippen LogP contribution in [0.4, 0.5) is 11.6 Å². The van der Waals surface area contributed by atoms with Crippen LogP contribution < -0.4 is 10.8 Å². The van der Waals surface area contributed by atoms with Crippen LogP contribution in [0.25, 0.3) is 0 Å². The Morgan fingerprint density at radius 1 is 1.05 bits per heavy atom. The Bertz CT molecular complexity index is 561. The van der Waals surface area contributed by atoms with Crippen molar-refractivity contribution in [2.45, 2.75) is 13.3 Å². The molecule has 0 fully saturated rings. The number of halogens is 3. The van der Waals surface area contributed by atoms with E-state index in [2.05, 4.69) is 37.5 Å². The first-order valence-corrected chi connectivity index (χ1v) is 7.54. The van der Waals surface area contributed by atoms with E-state index in [1.807, 2.05) is 12.1 Å². The number of rotatable bonds is 5. The second-order valence-electron chi connectivity index (χ2n) is 3.90. The predicted octanol–water partition coefficient (Wildman–Crippen LogP) is 4.12. The molecule has 0 saturated heterocycles. The molecule has 0 unspecified atom stereocenters. The molecule has 0 aliphatic rings. The minimum atomic E-state index is 0.0227. The maximum atomic E-state index is 5.95. The van der Waals surface area contributed by atoms with Gasteiger partial charge in [0.1, 0.15) is 0 Å². The van der Waals surface area contributed by atoms with Crippen molar-refractivity contribution in [3.8, 4) is 0 Å². The summed E-state index contributed by atoms with van der Waals surface area (Å²) >= 11 is 17.2. The van der Waals surface area contributed by atoms with Gasteiger partial charge in [-0.2, -0.15) is 15.0 Å². The first-order chi connectivity index (χ1) is 10.6. The van der Waals surface area contributed by atoms with Crippen LogP contribution in [0.3, 0.4) is 0 Å². The second kappa shape index (κ2) is 10.5. The highest BCUT2D eigenvalue weighted by atomic mass is 35.5. The van der Waals surface area contributed by atoms with Crippen molar-refractivity contribution in [2.24, 2.45) is 0 Å². The van der Waals surface area contributed by atoms with Gasteiger partial charge in [0.05, 0.1) is 17.8 Å². The largest absolute Gasteiger partial charge is 0.323 e. The zero-order valence-corrected chi connectivity index (χ0v) is 14.4. The molecule has 22 heavy (non-hydrogen) atoms. The molecule has 0 atom stereocenters. The van der Waals surface area contributed by atoms with Crippen molar-refractivity contribution in [1.82, 2.24) is 20.4 Å². The van der Waals surface area contributed by atoms with E-state index in [0.29, 0.717) is 10.7 Å². The molecule has 0 amide bonds. The molecule has 9 heteroatoms. The molecule has 0 aliphatic carbocycles. The van der Waals surface area contributed by atoms with Crippen molar-refractivity contribution in [1.29, 1.82) is 0 Å². The summed E-state index contributed by atoms with van der Waals surface area (Å²) in [6.07, 6.45) is 1.12. The monoisotopic (exact) mass is 363 g/mol. The smallest absolute Gasteiger partial charge is 0.232 e. The maximum Gasteiger partial charge on any atom is 0.232 e. The van der Waals surface area contributed by atoms with Gasteiger partial charge in [-0.25, -0.2) is 5.48 Å². The maximum absolute atomic E-state index is 5.95. The number of hydrogen-bond donors (Lipinski definition) is 2. The van der Waals surface area contributed by atoms with Gasteiger partial charge in [-0.15, -0.1) is 0 Å². The van der Waals surface area contributed by atoms with E-state index in [9.17, 15) is 0 Å². The number of para-hydroxylation sites is 1. The highest BCUT2D eigenvalue weighted by molar-refractivity contribution is 6.33. The van der Waals surface area contributed by atoms with Crippen molar-refractivity contribution >= 4 is 46.4 Å². The molecule has 1 aromatic carbocycles. The normalized spacial score (nSPS) is 9.86. The number of nitrogens with one attached hydrogen (secondary N) is 2. The third-order valence-electron chi connectivity index (χ3n) is 2.20. The second-order valence-corrected chi connectivity index (χ2v) is 4.98. The summed E-state index contributed by atoms with van der Waals surface area (Å²) in [5, 5.41) is 3.49. The molecule has 0 radical (unpaired) electrons. The number of aromatic nitrogens is 3. The van der Waals surface area contributed by atoms with E-state index in [-0.39, 0.29) is 16.5 Å². The Hall–Kier alpha value is -1.18. The third-order valence-corrected chi connectivity index (χ3v) is 2.87. The lowest BCUT2D eigenvalue weighted by molar-refractivity contribution is 0.0920. The summed E-state index contributed by atoms with van der Waals surface area (Å²) in [7, 11) is 1.62. The Morgan fingerprint density at radius 3 is 2.18 bits per heavy atom. The fraction of sp³-hybridized carbons (Fsp3) is 0.308. The van der Waals surface area contributed by atoms with Gasteiger partial charge < -0.3 is 10.2 Å². The Labute approximate surface area is 144 Å². The van der Waals surface area contributed by atoms with Gasteiger partial charge in [-0.3, -0.25) is 0 Å². The standard InChI is InChI=1S/C9H5Cl3N4.C4H11NO/c10-5-3-1-2-4-6(5)13-9-15-7(11)14-8(12)16-9;1-3-4-5-6-2/h1-4H,(H,13,14,15,16);5H,3-4H2,1-2H3. The molecule has 2 N–H and O–H groups in total. The topological polar surface area (TPSA) is 72.0 Å². The number of hydrogen-bond acceptors (Lipinski definition) is 6. The van der Waals surface area contributed by atoms with Gasteiger partial charge >= 0.3 is 0 Å². The molecular formula is C13H16Cl3N5O. The lowest BCUT2D eigenvalue weighted by Crippen LogP contribution is -2.11. The van der Waals surface area contributed by atoms with Crippen LogP contribution in [0.2, 0.25) is 15.6 Å².